The molecule has 0 radical (unpaired) electrons. The molecule has 1 rings (SSSR count). The van der Waals surface area contributed by atoms with E-state index in [2.05, 4.69) is 31.2 Å². The summed E-state index contributed by atoms with van der Waals surface area (Å²) in [6.07, 6.45) is 24.0. The number of hydrogen-bond donors (Lipinski definition) is 1. The van der Waals surface area contributed by atoms with Crippen molar-refractivity contribution in [3.63, 3.8) is 0 Å². The molecule has 0 saturated carbocycles. The fourth-order valence-corrected chi connectivity index (χ4v) is 3.92. The number of aliphatic hydroxyl groups is 1. The minimum atomic E-state index is -0.168. The molecule has 1 aromatic carbocycles. The summed E-state index contributed by atoms with van der Waals surface area (Å²) in [4.78, 5) is 0. The Labute approximate surface area is 170 Å². The van der Waals surface area contributed by atoms with Crippen LogP contribution in [0.3, 0.4) is 0 Å². The molecule has 0 spiro atoms. The van der Waals surface area contributed by atoms with Crippen molar-refractivity contribution in [3.05, 3.63) is 35.9 Å². The number of unbranched alkanes of at least 4 members (excludes halogenated alkanes) is 15. The number of benzene rings is 1. The van der Waals surface area contributed by atoms with Crippen molar-refractivity contribution in [1.29, 1.82) is 0 Å². The van der Waals surface area contributed by atoms with Crippen LogP contribution in [0, 0.1) is 0 Å². The summed E-state index contributed by atoms with van der Waals surface area (Å²) in [5.41, 5.74) is 1.25. The summed E-state index contributed by atoms with van der Waals surface area (Å²) in [6.45, 7) is 2.29. The molecule has 0 amide bonds. The van der Waals surface area contributed by atoms with Gasteiger partial charge in [-0.2, -0.15) is 0 Å². The molecule has 1 unspecified atom stereocenters. The van der Waals surface area contributed by atoms with Gasteiger partial charge in [0, 0.05) is 0 Å². The Morgan fingerprint density at radius 3 is 1.44 bits per heavy atom. The summed E-state index contributed by atoms with van der Waals surface area (Å²) < 4.78 is 0. The van der Waals surface area contributed by atoms with E-state index in [1.807, 2.05) is 6.07 Å². The second-order valence-electron chi connectivity index (χ2n) is 8.44. The van der Waals surface area contributed by atoms with Gasteiger partial charge in [-0.25, -0.2) is 0 Å². The highest BCUT2D eigenvalue weighted by atomic mass is 16.3. The molecule has 0 fully saturated rings. The van der Waals surface area contributed by atoms with E-state index in [9.17, 15) is 5.11 Å². The first-order valence-corrected chi connectivity index (χ1v) is 12.0. The molecule has 1 N–H and O–H groups in total. The van der Waals surface area contributed by atoms with Gasteiger partial charge in [0.2, 0.25) is 0 Å². The van der Waals surface area contributed by atoms with Gasteiger partial charge < -0.3 is 5.11 Å². The van der Waals surface area contributed by atoms with Crippen LogP contribution < -0.4 is 0 Å². The Balaban J connectivity index is 1.75. The zero-order chi connectivity index (χ0) is 19.4. The first-order valence-electron chi connectivity index (χ1n) is 12.0. The fraction of sp³-hybridized carbons (Fsp3) is 0.769. The molecule has 27 heavy (non-hydrogen) atoms. The smallest absolute Gasteiger partial charge is 0.0580 e. The van der Waals surface area contributed by atoms with E-state index in [1.165, 1.54) is 108 Å². The number of rotatable bonds is 19. The van der Waals surface area contributed by atoms with Gasteiger partial charge in [0.1, 0.15) is 0 Å². The molecule has 156 valence electrons. The first-order chi connectivity index (χ1) is 13.3. The lowest BCUT2D eigenvalue weighted by Crippen LogP contribution is -2.10. The van der Waals surface area contributed by atoms with Gasteiger partial charge >= 0.3 is 0 Å². The maximum atomic E-state index is 10.1. The predicted octanol–water partition coefficient (Wildman–Crippen LogP) is 8.24. The average Bonchev–Trinajstić information content (AvgIpc) is 2.68. The SMILES string of the molecule is CCCCCCCCCCCCCCCCCCC(O)Cc1ccccc1. The van der Waals surface area contributed by atoms with Gasteiger partial charge in [0.15, 0.2) is 0 Å². The highest BCUT2D eigenvalue weighted by molar-refractivity contribution is 5.15. The van der Waals surface area contributed by atoms with Crippen molar-refractivity contribution >= 4 is 0 Å². The molecule has 0 aliphatic carbocycles. The third-order valence-corrected chi connectivity index (χ3v) is 5.71. The topological polar surface area (TPSA) is 20.2 Å². The Morgan fingerprint density at radius 2 is 1.00 bits per heavy atom. The van der Waals surface area contributed by atoms with E-state index < -0.39 is 0 Å². The Bertz CT molecular complexity index is 400. The maximum Gasteiger partial charge on any atom is 0.0580 e. The lowest BCUT2D eigenvalue weighted by Gasteiger charge is -2.10. The van der Waals surface area contributed by atoms with E-state index >= 15 is 0 Å². The van der Waals surface area contributed by atoms with E-state index in [-0.39, 0.29) is 6.10 Å². The molecule has 0 bridgehead atoms. The van der Waals surface area contributed by atoms with Crippen LogP contribution in [0.25, 0.3) is 0 Å². The molecule has 0 aliphatic heterocycles. The summed E-state index contributed by atoms with van der Waals surface area (Å²) in [6, 6.07) is 10.4. The summed E-state index contributed by atoms with van der Waals surface area (Å²) >= 11 is 0. The lowest BCUT2D eigenvalue weighted by molar-refractivity contribution is 0.161. The van der Waals surface area contributed by atoms with Crippen LogP contribution in [-0.2, 0) is 6.42 Å². The van der Waals surface area contributed by atoms with Gasteiger partial charge in [0.05, 0.1) is 6.10 Å². The molecule has 0 aliphatic rings. The Kier molecular flexibility index (Phi) is 16.6. The van der Waals surface area contributed by atoms with Crippen LogP contribution in [0.4, 0.5) is 0 Å². The molecule has 1 atom stereocenters. The molecule has 1 heteroatoms. The van der Waals surface area contributed by atoms with Crippen molar-refractivity contribution in [3.8, 4) is 0 Å². The molecule has 0 saturated heterocycles. The standard InChI is InChI=1S/C26H46O/c1-2-3-4-5-6-7-8-9-10-11-12-13-14-15-16-20-23-26(27)24-25-21-18-17-19-22-25/h17-19,21-22,26-27H,2-16,20,23-24H2,1H3. The maximum absolute atomic E-state index is 10.1. The van der Waals surface area contributed by atoms with Gasteiger partial charge in [-0.1, -0.05) is 140 Å². The second kappa shape index (κ2) is 18.5. The molecule has 0 aromatic heterocycles. The van der Waals surface area contributed by atoms with E-state index in [1.54, 1.807) is 0 Å². The Hall–Kier alpha value is -0.820. The van der Waals surface area contributed by atoms with Crippen LogP contribution >= 0.6 is 0 Å². The van der Waals surface area contributed by atoms with Crippen LogP contribution in [0.5, 0.6) is 0 Å². The van der Waals surface area contributed by atoms with Crippen molar-refractivity contribution in [2.75, 3.05) is 0 Å². The van der Waals surface area contributed by atoms with Gasteiger partial charge in [-0.15, -0.1) is 0 Å². The van der Waals surface area contributed by atoms with E-state index in [4.69, 9.17) is 0 Å². The first kappa shape index (κ1) is 24.2. The minimum Gasteiger partial charge on any atom is -0.393 e. The molecular formula is C26H46O. The number of hydrogen-bond acceptors (Lipinski definition) is 1. The molecule has 1 nitrogen and oxygen atoms in total. The summed E-state index contributed by atoms with van der Waals surface area (Å²) in [7, 11) is 0. The quantitative estimate of drug-likeness (QED) is 0.242. The number of aliphatic hydroxyl groups excluding tert-OH is 1. The zero-order valence-electron chi connectivity index (χ0n) is 18.1. The van der Waals surface area contributed by atoms with Crippen LogP contribution in [-0.4, -0.2) is 11.2 Å². The summed E-state index contributed by atoms with van der Waals surface area (Å²) in [5, 5.41) is 10.1. The lowest BCUT2D eigenvalue weighted by atomic mass is 10.0. The predicted molar refractivity (Wildman–Crippen MR) is 120 cm³/mol. The normalized spacial score (nSPS) is 12.4. The van der Waals surface area contributed by atoms with Crippen molar-refractivity contribution < 1.29 is 5.11 Å². The molecule has 1 aromatic rings. The largest absolute Gasteiger partial charge is 0.393 e. The highest BCUT2D eigenvalue weighted by Crippen LogP contribution is 2.15. The van der Waals surface area contributed by atoms with Crippen LogP contribution in [0.2, 0.25) is 0 Å². The monoisotopic (exact) mass is 374 g/mol. The zero-order valence-corrected chi connectivity index (χ0v) is 18.1. The van der Waals surface area contributed by atoms with Gasteiger partial charge in [0.25, 0.3) is 0 Å². The average molecular weight is 375 g/mol. The summed E-state index contributed by atoms with van der Waals surface area (Å²) in [5.74, 6) is 0. The van der Waals surface area contributed by atoms with Crippen molar-refractivity contribution in [2.24, 2.45) is 0 Å². The Morgan fingerprint density at radius 1 is 0.593 bits per heavy atom. The van der Waals surface area contributed by atoms with E-state index in [0.29, 0.717) is 0 Å². The van der Waals surface area contributed by atoms with Crippen molar-refractivity contribution in [1.82, 2.24) is 0 Å². The van der Waals surface area contributed by atoms with Crippen LogP contribution in [0.15, 0.2) is 30.3 Å². The van der Waals surface area contributed by atoms with Crippen LogP contribution in [0.1, 0.15) is 122 Å². The second-order valence-corrected chi connectivity index (χ2v) is 8.44. The third kappa shape index (κ3) is 15.9. The molecular weight excluding hydrogens is 328 g/mol. The highest BCUT2D eigenvalue weighted by Gasteiger charge is 2.04. The molecule has 0 heterocycles. The van der Waals surface area contributed by atoms with Gasteiger partial charge in [-0.05, 0) is 18.4 Å². The van der Waals surface area contributed by atoms with E-state index in [0.717, 1.165) is 12.8 Å². The third-order valence-electron chi connectivity index (χ3n) is 5.71. The van der Waals surface area contributed by atoms with Gasteiger partial charge in [-0.3, -0.25) is 0 Å². The fourth-order valence-electron chi connectivity index (χ4n) is 3.92. The minimum absolute atomic E-state index is 0.168. The van der Waals surface area contributed by atoms with Crippen molar-refractivity contribution in [2.45, 2.75) is 129 Å².